The number of aryl methyl sites for hydroxylation is 1. The van der Waals surface area contributed by atoms with Crippen LogP contribution in [0.15, 0.2) is 24.4 Å². The molecule has 1 aromatic heterocycles. The van der Waals surface area contributed by atoms with Crippen LogP contribution < -0.4 is 4.72 Å². The van der Waals surface area contributed by atoms with Gasteiger partial charge in [-0.25, -0.2) is 13.1 Å². The zero-order valence-electron chi connectivity index (χ0n) is 21.1. The number of benzene rings is 1. The molecule has 194 valence electrons. The van der Waals surface area contributed by atoms with Crippen molar-refractivity contribution in [1.29, 1.82) is 0 Å². The largest absolute Gasteiger partial charge is 0.381 e. The molecule has 0 radical (unpaired) electrons. The van der Waals surface area contributed by atoms with Crippen molar-refractivity contribution in [3.63, 3.8) is 0 Å². The predicted octanol–water partition coefficient (Wildman–Crippen LogP) is 2.15. The van der Waals surface area contributed by atoms with Gasteiger partial charge in [-0.1, -0.05) is 6.07 Å². The number of aliphatic hydroxyl groups is 1. The number of nitrogens with one attached hydrogen (secondary N) is 1. The van der Waals surface area contributed by atoms with Crippen LogP contribution in [0.2, 0.25) is 0 Å². The SMILES string of the molecule is Cn1ncc2cc(C3CCC(OCC4CN(C(=O)C(C)(C)O)CCC4NS(C)(=O)=O)CC3)ccc21. The molecular weight excluding hydrogens is 468 g/mol. The van der Waals surface area contributed by atoms with E-state index in [0.717, 1.165) is 42.8 Å². The first kappa shape index (κ1) is 26.1. The molecule has 2 aliphatic rings. The number of carbonyl (C=O) groups excluding carboxylic acids is 1. The smallest absolute Gasteiger partial charge is 0.253 e. The maximum atomic E-state index is 12.6. The Bertz CT molecular complexity index is 1150. The lowest BCUT2D eigenvalue weighted by Crippen LogP contribution is -2.57. The van der Waals surface area contributed by atoms with Gasteiger partial charge in [0.25, 0.3) is 5.91 Å². The first-order valence-corrected chi connectivity index (χ1v) is 14.3. The van der Waals surface area contributed by atoms with Crippen LogP contribution in [-0.2, 0) is 26.6 Å². The number of nitrogens with zero attached hydrogens (tertiary/aromatic N) is 3. The van der Waals surface area contributed by atoms with Crippen molar-refractivity contribution < 1.29 is 23.1 Å². The predicted molar refractivity (Wildman–Crippen MR) is 134 cm³/mol. The Morgan fingerprint density at radius 1 is 1.23 bits per heavy atom. The number of fused-ring (bicyclic) bond motifs is 1. The Morgan fingerprint density at radius 3 is 2.60 bits per heavy atom. The topological polar surface area (TPSA) is 114 Å². The summed E-state index contributed by atoms with van der Waals surface area (Å²) >= 11 is 0. The number of carbonyl (C=O) groups is 1. The maximum absolute atomic E-state index is 12.6. The molecular formula is C25H38N4O5S. The summed E-state index contributed by atoms with van der Waals surface area (Å²) in [6.45, 7) is 4.09. The van der Waals surface area contributed by atoms with Crippen LogP contribution in [0.4, 0.5) is 0 Å². The van der Waals surface area contributed by atoms with Gasteiger partial charge in [0.15, 0.2) is 0 Å². The summed E-state index contributed by atoms with van der Waals surface area (Å²) in [5.41, 5.74) is 1.02. The number of amides is 1. The Balaban J connectivity index is 1.34. The monoisotopic (exact) mass is 506 g/mol. The lowest BCUT2D eigenvalue weighted by atomic mass is 9.82. The molecule has 1 aromatic carbocycles. The van der Waals surface area contributed by atoms with Crippen LogP contribution >= 0.6 is 0 Å². The van der Waals surface area contributed by atoms with Gasteiger partial charge in [-0.15, -0.1) is 0 Å². The van der Waals surface area contributed by atoms with Gasteiger partial charge < -0.3 is 14.7 Å². The molecule has 2 aromatic rings. The zero-order chi connectivity index (χ0) is 25.4. The fraction of sp³-hybridized carbons (Fsp3) is 0.680. The van der Waals surface area contributed by atoms with Gasteiger partial charge in [-0.05, 0) is 69.6 Å². The average molecular weight is 507 g/mol. The van der Waals surface area contributed by atoms with E-state index in [0.29, 0.717) is 32.0 Å². The van der Waals surface area contributed by atoms with E-state index in [9.17, 15) is 18.3 Å². The number of likely N-dealkylation sites (tertiary alicyclic amines) is 1. The van der Waals surface area contributed by atoms with Crippen molar-refractivity contribution in [2.75, 3.05) is 26.0 Å². The summed E-state index contributed by atoms with van der Waals surface area (Å²) in [5, 5.41) is 15.6. The Hall–Kier alpha value is -2.01. The fourth-order valence-electron chi connectivity index (χ4n) is 5.46. The van der Waals surface area contributed by atoms with Crippen molar-refractivity contribution in [2.45, 2.75) is 69.6 Å². The molecule has 0 spiro atoms. The highest BCUT2D eigenvalue weighted by Crippen LogP contribution is 2.35. The second-order valence-electron chi connectivity index (χ2n) is 10.7. The summed E-state index contributed by atoms with van der Waals surface area (Å²) in [4.78, 5) is 14.2. The number of aromatic nitrogens is 2. The summed E-state index contributed by atoms with van der Waals surface area (Å²) < 4.78 is 34.7. The van der Waals surface area contributed by atoms with E-state index in [1.807, 2.05) is 17.9 Å². The van der Waals surface area contributed by atoms with Crippen molar-refractivity contribution in [3.8, 4) is 0 Å². The van der Waals surface area contributed by atoms with Gasteiger partial charge in [0.2, 0.25) is 10.0 Å². The summed E-state index contributed by atoms with van der Waals surface area (Å²) in [6.07, 6.45) is 7.64. The molecule has 2 unspecified atom stereocenters. The van der Waals surface area contributed by atoms with Crippen molar-refractivity contribution in [3.05, 3.63) is 30.0 Å². The van der Waals surface area contributed by atoms with Gasteiger partial charge in [-0.3, -0.25) is 9.48 Å². The second kappa shape index (κ2) is 10.2. The molecule has 10 heteroatoms. The highest BCUT2D eigenvalue weighted by molar-refractivity contribution is 7.88. The molecule has 2 fully saturated rings. The van der Waals surface area contributed by atoms with E-state index < -0.39 is 15.6 Å². The molecule has 1 aliphatic heterocycles. The van der Waals surface area contributed by atoms with E-state index in [1.165, 1.54) is 19.4 Å². The van der Waals surface area contributed by atoms with Gasteiger partial charge in [0.05, 0.1) is 30.7 Å². The Kier molecular flexibility index (Phi) is 7.57. The number of ether oxygens (including phenoxy) is 1. The molecule has 9 nitrogen and oxygen atoms in total. The summed E-state index contributed by atoms with van der Waals surface area (Å²) in [7, 11) is -1.43. The molecule has 1 saturated carbocycles. The molecule has 2 atom stereocenters. The standard InChI is InChI=1S/C25H38N4O5S/c1-25(2,31)24(30)29-12-11-22(27-35(4,32)33)20(15-29)16-34-21-8-5-17(6-9-21)18-7-10-23-19(13-18)14-26-28(23)3/h7,10,13-14,17,20-22,27,31H,5-6,8-9,11-12,15-16H2,1-4H3. The third-order valence-electron chi connectivity index (χ3n) is 7.37. The van der Waals surface area contributed by atoms with Gasteiger partial charge in [0, 0.05) is 37.5 Å². The van der Waals surface area contributed by atoms with Crippen LogP contribution in [0, 0.1) is 5.92 Å². The zero-order valence-corrected chi connectivity index (χ0v) is 21.9. The third-order valence-corrected chi connectivity index (χ3v) is 8.10. The third kappa shape index (κ3) is 6.41. The van der Waals surface area contributed by atoms with E-state index in [-0.39, 0.29) is 24.0 Å². The highest BCUT2D eigenvalue weighted by Gasteiger charge is 2.38. The number of rotatable bonds is 7. The van der Waals surface area contributed by atoms with Crippen molar-refractivity contribution >= 4 is 26.8 Å². The van der Waals surface area contributed by atoms with E-state index >= 15 is 0 Å². The number of sulfonamides is 1. The lowest BCUT2D eigenvalue weighted by molar-refractivity contribution is -0.150. The molecule has 0 bridgehead atoms. The minimum absolute atomic E-state index is 0.118. The van der Waals surface area contributed by atoms with Crippen LogP contribution in [0.3, 0.4) is 0 Å². The molecule has 35 heavy (non-hydrogen) atoms. The van der Waals surface area contributed by atoms with E-state index in [2.05, 4.69) is 28.0 Å². The molecule has 1 saturated heterocycles. The first-order chi connectivity index (χ1) is 16.4. The highest BCUT2D eigenvalue weighted by atomic mass is 32.2. The minimum Gasteiger partial charge on any atom is -0.381 e. The quantitative estimate of drug-likeness (QED) is 0.595. The van der Waals surface area contributed by atoms with Gasteiger partial charge >= 0.3 is 0 Å². The molecule has 2 heterocycles. The number of hydrogen-bond acceptors (Lipinski definition) is 6. The maximum Gasteiger partial charge on any atom is 0.253 e. The fourth-order valence-corrected chi connectivity index (χ4v) is 6.32. The van der Waals surface area contributed by atoms with E-state index in [4.69, 9.17) is 4.74 Å². The average Bonchev–Trinajstić information content (AvgIpc) is 3.17. The minimum atomic E-state index is -3.38. The van der Waals surface area contributed by atoms with Crippen molar-refractivity contribution in [1.82, 2.24) is 19.4 Å². The summed E-state index contributed by atoms with van der Waals surface area (Å²) in [5.74, 6) is -0.0180. The van der Waals surface area contributed by atoms with Crippen LogP contribution in [-0.4, -0.2) is 77.8 Å². The normalized spacial score (nSPS) is 26.3. The molecule has 2 N–H and O–H groups in total. The second-order valence-corrected chi connectivity index (χ2v) is 12.5. The van der Waals surface area contributed by atoms with Crippen molar-refractivity contribution in [2.24, 2.45) is 13.0 Å². The lowest BCUT2D eigenvalue weighted by Gasteiger charge is -2.41. The van der Waals surface area contributed by atoms with Gasteiger partial charge in [0.1, 0.15) is 5.60 Å². The van der Waals surface area contributed by atoms with Crippen LogP contribution in [0.1, 0.15) is 57.4 Å². The van der Waals surface area contributed by atoms with Crippen LogP contribution in [0.5, 0.6) is 0 Å². The molecule has 1 aliphatic carbocycles. The summed E-state index contributed by atoms with van der Waals surface area (Å²) in [6, 6.07) is 6.29. The van der Waals surface area contributed by atoms with E-state index in [1.54, 1.807) is 4.90 Å². The van der Waals surface area contributed by atoms with Gasteiger partial charge in [-0.2, -0.15) is 5.10 Å². The first-order valence-electron chi connectivity index (χ1n) is 12.4. The van der Waals surface area contributed by atoms with Crippen LogP contribution in [0.25, 0.3) is 10.9 Å². The molecule has 1 amide bonds. The Morgan fingerprint density at radius 2 is 1.94 bits per heavy atom. The molecule has 4 rings (SSSR count). The Labute approximate surface area is 207 Å². The number of hydrogen-bond donors (Lipinski definition) is 2. The number of piperidine rings is 1.